The van der Waals surface area contributed by atoms with Crippen molar-refractivity contribution >= 4 is 17.7 Å². The molecule has 0 unspecified atom stereocenters. The van der Waals surface area contributed by atoms with Gasteiger partial charge in [0.25, 0.3) is 0 Å². The van der Waals surface area contributed by atoms with Crippen LogP contribution in [0.15, 0.2) is 4.52 Å². The number of nitrogens with zero attached hydrogens (tertiary/aromatic N) is 2. The quantitative estimate of drug-likeness (QED) is 0.724. The van der Waals surface area contributed by atoms with Crippen LogP contribution in [-0.4, -0.2) is 33.0 Å². The Bertz CT molecular complexity index is 329. The first-order chi connectivity index (χ1) is 7.13. The molecule has 0 aromatic carbocycles. The number of rotatable bonds is 6. The van der Waals surface area contributed by atoms with Gasteiger partial charge in [0.15, 0.2) is 5.82 Å². The van der Waals surface area contributed by atoms with Crippen LogP contribution in [0.3, 0.4) is 0 Å². The van der Waals surface area contributed by atoms with E-state index in [1.54, 1.807) is 0 Å². The topological polar surface area (TPSA) is 102 Å². The van der Waals surface area contributed by atoms with E-state index in [-0.39, 0.29) is 0 Å². The summed E-state index contributed by atoms with van der Waals surface area (Å²) in [5.41, 5.74) is 5.33. The molecule has 1 atom stereocenters. The summed E-state index contributed by atoms with van der Waals surface area (Å²) >= 11 is 1.38. The van der Waals surface area contributed by atoms with E-state index in [9.17, 15) is 4.79 Å². The van der Waals surface area contributed by atoms with Crippen molar-refractivity contribution in [1.29, 1.82) is 0 Å². The van der Waals surface area contributed by atoms with Crippen molar-refractivity contribution in [2.24, 2.45) is 5.73 Å². The minimum Gasteiger partial charge on any atom is -0.480 e. The van der Waals surface area contributed by atoms with Crippen LogP contribution >= 0.6 is 11.8 Å². The number of aromatic nitrogens is 2. The Morgan fingerprint density at radius 3 is 3.00 bits per heavy atom. The highest BCUT2D eigenvalue weighted by Gasteiger charge is 2.12. The molecule has 0 radical (unpaired) electrons. The van der Waals surface area contributed by atoms with Crippen molar-refractivity contribution in [2.75, 3.05) is 5.75 Å². The average molecular weight is 231 g/mol. The Hall–Kier alpha value is -1.08. The molecule has 0 fully saturated rings. The number of carboxylic acid groups (broad SMARTS) is 1. The predicted molar refractivity (Wildman–Crippen MR) is 55.4 cm³/mol. The van der Waals surface area contributed by atoms with E-state index in [2.05, 4.69) is 10.1 Å². The van der Waals surface area contributed by atoms with Gasteiger partial charge in [0.2, 0.25) is 5.89 Å². The second-order valence-corrected chi connectivity index (χ2v) is 3.95. The molecule has 1 aromatic rings. The van der Waals surface area contributed by atoms with Crippen LogP contribution in [0, 0.1) is 0 Å². The molecule has 0 aliphatic carbocycles. The molecule has 1 heterocycles. The number of carbonyl (C=O) groups is 1. The van der Waals surface area contributed by atoms with Crippen LogP contribution in [0.1, 0.15) is 18.6 Å². The van der Waals surface area contributed by atoms with E-state index in [1.807, 2.05) is 6.92 Å². The summed E-state index contributed by atoms with van der Waals surface area (Å²) in [4.78, 5) is 14.5. The van der Waals surface area contributed by atoms with E-state index in [1.165, 1.54) is 11.8 Å². The maximum atomic E-state index is 10.4. The molecule has 0 saturated heterocycles. The summed E-state index contributed by atoms with van der Waals surface area (Å²) < 4.78 is 4.90. The molecule has 0 aliphatic rings. The molecule has 0 spiro atoms. The average Bonchev–Trinajstić information content (AvgIpc) is 2.65. The molecule has 6 nitrogen and oxygen atoms in total. The maximum Gasteiger partial charge on any atom is 0.321 e. The van der Waals surface area contributed by atoms with E-state index in [0.29, 0.717) is 29.6 Å². The number of aliphatic carboxylic acids is 1. The number of hydrogen-bond donors (Lipinski definition) is 2. The molecule has 15 heavy (non-hydrogen) atoms. The largest absolute Gasteiger partial charge is 0.480 e. The Morgan fingerprint density at radius 2 is 2.47 bits per heavy atom. The first-order valence-corrected chi connectivity index (χ1v) is 5.66. The zero-order valence-corrected chi connectivity index (χ0v) is 9.16. The molecule has 0 aliphatic heterocycles. The maximum absolute atomic E-state index is 10.4. The second kappa shape index (κ2) is 5.72. The van der Waals surface area contributed by atoms with E-state index < -0.39 is 12.0 Å². The van der Waals surface area contributed by atoms with Crippen LogP contribution in [-0.2, 0) is 17.0 Å². The summed E-state index contributed by atoms with van der Waals surface area (Å²) in [5, 5.41) is 12.3. The zero-order valence-electron chi connectivity index (χ0n) is 8.34. The highest BCUT2D eigenvalue weighted by Crippen LogP contribution is 2.10. The Balaban J connectivity index is 2.28. The highest BCUT2D eigenvalue weighted by atomic mass is 32.2. The van der Waals surface area contributed by atoms with E-state index in [0.717, 1.165) is 0 Å². The van der Waals surface area contributed by atoms with Crippen LogP contribution in [0.2, 0.25) is 0 Å². The van der Waals surface area contributed by atoms with Crippen molar-refractivity contribution in [2.45, 2.75) is 25.1 Å². The first-order valence-electron chi connectivity index (χ1n) is 4.51. The van der Waals surface area contributed by atoms with Gasteiger partial charge >= 0.3 is 5.97 Å². The molecule has 0 amide bonds. The van der Waals surface area contributed by atoms with Gasteiger partial charge in [-0.1, -0.05) is 12.1 Å². The zero-order chi connectivity index (χ0) is 11.3. The fraction of sp³-hybridized carbons (Fsp3) is 0.625. The number of nitrogens with two attached hydrogens (primary N) is 1. The van der Waals surface area contributed by atoms with Crippen LogP contribution in [0.25, 0.3) is 0 Å². The van der Waals surface area contributed by atoms with Crippen molar-refractivity contribution in [1.82, 2.24) is 10.1 Å². The Kier molecular flexibility index (Phi) is 4.57. The van der Waals surface area contributed by atoms with Gasteiger partial charge in [0, 0.05) is 12.2 Å². The summed E-state index contributed by atoms with van der Waals surface area (Å²) in [7, 11) is 0. The van der Waals surface area contributed by atoms with Gasteiger partial charge in [0.1, 0.15) is 6.04 Å². The summed E-state index contributed by atoms with van der Waals surface area (Å²) in [6, 6.07) is -0.840. The molecule has 7 heteroatoms. The van der Waals surface area contributed by atoms with Gasteiger partial charge in [-0.15, -0.1) is 0 Å². The van der Waals surface area contributed by atoms with Crippen molar-refractivity contribution < 1.29 is 14.4 Å². The van der Waals surface area contributed by atoms with Crippen LogP contribution in [0.5, 0.6) is 0 Å². The van der Waals surface area contributed by atoms with Crippen molar-refractivity contribution in [3.05, 3.63) is 11.7 Å². The SMILES string of the molecule is CCc1nc(CSC[C@@H](N)C(=O)O)no1. The highest BCUT2D eigenvalue weighted by molar-refractivity contribution is 7.98. The first kappa shape index (κ1) is 12.0. The standard InChI is InChI=1S/C8H13N3O3S/c1-2-7-10-6(11-14-7)4-15-3-5(9)8(12)13/h5H,2-4,9H2,1H3,(H,12,13)/t5-/m1/s1. The normalized spacial score (nSPS) is 12.7. The minimum absolute atomic E-state index is 0.339. The lowest BCUT2D eigenvalue weighted by Crippen LogP contribution is -2.32. The number of hydrogen-bond acceptors (Lipinski definition) is 6. The van der Waals surface area contributed by atoms with Gasteiger partial charge in [-0.3, -0.25) is 4.79 Å². The molecule has 0 saturated carbocycles. The van der Waals surface area contributed by atoms with Crippen molar-refractivity contribution in [3.8, 4) is 0 Å². The van der Waals surface area contributed by atoms with Gasteiger partial charge in [-0.25, -0.2) is 0 Å². The molecule has 1 aromatic heterocycles. The summed E-state index contributed by atoms with van der Waals surface area (Å²) in [6.45, 7) is 1.92. The molecular weight excluding hydrogens is 218 g/mol. The monoisotopic (exact) mass is 231 g/mol. The third-order valence-corrected chi connectivity index (χ3v) is 2.72. The molecule has 1 rings (SSSR count). The Morgan fingerprint density at radius 1 is 1.73 bits per heavy atom. The second-order valence-electron chi connectivity index (χ2n) is 2.92. The predicted octanol–water partition coefficient (Wildman–Crippen LogP) is 0.277. The number of thioether (sulfide) groups is 1. The lowest BCUT2D eigenvalue weighted by molar-refractivity contribution is -0.137. The summed E-state index contributed by atoms with van der Waals surface area (Å²) in [5.74, 6) is 1.03. The van der Waals surface area contributed by atoms with Gasteiger partial charge < -0.3 is 15.4 Å². The lowest BCUT2D eigenvalue weighted by atomic mass is 10.4. The third-order valence-electron chi connectivity index (χ3n) is 1.66. The van der Waals surface area contributed by atoms with Crippen LogP contribution in [0.4, 0.5) is 0 Å². The molecular formula is C8H13N3O3S. The van der Waals surface area contributed by atoms with E-state index >= 15 is 0 Å². The fourth-order valence-electron chi connectivity index (χ4n) is 0.841. The molecule has 0 bridgehead atoms. The van der Waals surface area contributed by atoms with Crippen molar-refractivity contribution in [3.63, 3.8) is 0 Å². The van der Waals surface area contributed by atoms with Gasteiger partial charge in [-0.2, -0.15) is 16.7 Å². The number of aryl methyl sites for hydroxylation is 1. The minimum atomic E-state index is -0.996. The smallest absolute Gasteiger partial charge is 0.321 e. The van der Waals surface area contributed by atoms with Gasteiger partial charge in [-0.05, 0) is 0 Å². The molecule has 3 N–H and O–H groups in total. The van der Waals surface area contributed by atoms with Crippen LogP contribution < -0.4 is 5.73 Å². The lowest BCUT2D eigenvalue weighted by Gasteiger charge is -2.03. The Labute approximate surface area is 91.2 Å². The molecule has 84 valence electrons. The van der Waals surface area contributed by atoms with Gasteiger partial charge in [0.05, 0.1) is 5.75 Å². The third kappa shape index (κ3) is 3.88. The number of carboxylic acids is 1. The van der Waals surface area contributed by atoms with E-state index in [4.69, 9.17) is 15.4 Å². The summed E-state index contributed by atoms with van der Waals surface area (Å²) in [6.07, 6.45) is 0.701. The fourth-order valence-corrected chi connectivity index (χ4v) is 1.66.